The van der Waals surface area contributed by atoms with E-state index >= 15 is 0 Å². The quantitative estimate of drug-likeness (QED) is 0.812. The zero-order valence-corrected chi connectivity index (χ0v) is 12.7. The van der Waals surface area contributed by atoms with Crippen molar-refractivity contribution >= 4 is 0 Å². The number of likely N-dealkylation sites (tertiary alicyclic amines) is 1. The summed E-state index contributed by atoms with van der Waals surface area (Å²) in [5.74, 6) is 0.878. The van der Waals surface area contributed by atoms with Crippen LogP contribution in [0.4, 0.5) is 0 Å². The van der Waals surface area contributed by atoms with E-state index in [1.54, 1.807) is 0 Å². The second-order valence-electron chi connectivity index (χ2n) is 7.20. The van der Waals surface area contributed by atoms with Crippen LogP contribution in [0.5, 0.6) is 0 Å². The number of nitrogens with zero attached hydrogens (tertiary/aromatic N) is 1. The fourth-order valence-corrected chi connectivity index (χ4v) is 2.56. The molecule has 102 valence electrons. The van der Waals surface area contributed by atoms with Crippen molar-refractivity contribution in [3.8, 4) is 0 Å². The second kappa shape index (κ2) is 6.19. The van der Waals surface area contributed by atoms with Crippen molar-refractivity contribution < 1.29 is 0 Å². The van der Waals surface area contributed by atoms with Crippen molar-refractivity contribution in [2.45, 2.75) is 66.5 Å². The fraction of sp³-hybridized carbons (Fsp3) is 1.00. The maximum atomic E-state index is 3.77. The Morgan fingerprint density at radius 1 is 1.24 bits per heavy atom. The highest BCUT2D eigenvalue weighted by atomic mass is 15.2. The van der Waals surface area contributed by atoms with Crippen LogP contribution >= 0.6 is 0 Å². The zero-order chi connectivity index (χ0) is 13.1. The highest BCUT2D eigenvalue weighted by Crippen LogP contribution is 2.22. The molecule has 0 aromatic rings. The van der Waals surface area contributed by atoms with Gasteiger partial charge in [0.2, 0.25) is 0 Å². The third-order valence-corrected chi connectivity index (χ3v) is 3.79. The molecule has 0 amide bonds. The molecule has 1 heterocycles. The fourth-order valence-electron chi connectivity index (χ4n) is 2.56. The Morgan fingerprint density at radius 2 is 1.88 bits per heavy atom. The van der Waals surface area contributed by atoms with Gasteiger partial charge in [0.15, 0.2) is 0 Å². The van der Waals surface area contributed by atoms with Gasteiger partial charge in [-0.2, -0.15) is 0 Å². The highest BCUT2D eigenvalue weighted by molar-refractivity contribution is 4.85. The molecule has 1 saturated heterocycles. The molecule has 1 fully saturated rings. The van der Waals surface area contributed by atoms with Crippen LogP contribution in [-0.4, -0.2) is 36.6 Å². The average molecular weight is 240 g/mol. The standard InChI is InChI=1S/C15H32N2/c1-7-13-8-14(16-11-15(4,5)6)10-17(9-13)12(2)3/h12-14,16H,7-11H2,1-6H3. The van der Waals surface area contributed by atoms with E-state index in [2.05, 4.69) is 51.8 Å². The summed E-state index contributed by atoms with van der Waals surface area (Å²) in [5, 5.41) is 3.77. The highest BCUT2D eigenvalue weighted by Gasteiger charge is 2.27. The summed E-state index contributed by atoms with van der Waals surface area (Å²) in [6.07, 6.45) is 2.67. The van der Waals surface area contributed by atoms with Gasteiger partial charge in [0.25, 0.3) is 0 Å². The molecule has 1 aliphatic heterocycles. The Kier molecular flexibility index (Phi) is 5.46. The lowest BCUT2D eigenvalue weighted by molar-refractivity contribution is 0.105. The molecule has 2 unspecified atom stereocenters. The normalized spacial score (nSPS) is 27.7. The van der Waals surface area contributed by atoms with Crippen molar-refractivity contribution in [1.82, 2.24) is 10.2 Å². The predicted octanol–water partition coefficient (Wildman–Crippen LogP) is 3.13. The van der Waals surface area contributed by atoms with Gasteiger partial charge >= 0.3 is 0 Å². The lowest BCUT2D eigenvalue weighted by atomic mass is 9.90. The number of hydrogen-bond acceptors (Lipinski definition) is 2. The minimum absolute atomic E-state index is 0.391. The van der Waals surface area contributed by atoms with Crippen LogP contribution in [0.1, 0.15) is 54.4 Å². The first kappa shape index (κ1) is 15.0. The van der Waals surface area contributed by atoms with Gasteiger partial charge in [-0.1, -0.05) is 34.1 Å². The summed E-state index contributed by atoms with van der Waals surface area (Å²) in [6.45, 7) is 17.5. The number of piperidine rings is 1. The van der Waals surface area contributed by atoms with Crippen LogP contribution in [0.25, 0.3) is 0 Å². The van der Waals surface area contributed by atoms with E-state index in [1.165, 1.54) is 25.9 Å². The van der Waals surface area contributed by atoms with Gasteiger partial charge in [0.05, 0.1) is 0 Å². The molecule has 1 aliphatic rings. The molecule has 17 heavy (non-hydrogen) atoms. The van der Waals surface area contributed by atoms with Gasteiger partial charge < -0.3 is 5.32 Å². The molecule has 0 bridgehead atoms. The van der Waals surface area contributed by atoms with Crippen molar-refractivity contribution in [2.75, 3.05) is 19.6 Å². The Balaban J connectivity index is 2.48. The molecule has 0 aliphatic carbocycles. The first-order chi connectivity index (χ1) is 7.81. The molecule has 0 radical (unpaired) electrons. The summed E-state index contributed by atoms with van der Waals surface area (Å²) in [5.41, 5.74) is 0.391. The number of nitrogens with one attached hydrogen (secondary N) is 1. The Morgan fingerprint density at radius 3 is 2.35 bits per heavy atom. The van der Waals surface area contributed by atoms with Gasteiger partial charge in [0, 0.05) is 31.7 Å². The van der Waals surface area contributed by atoms with Crippen LogP contribution in [0.2, 0.25) is 0 Å². The van der Waals surface area contributed by atoms with Crippen molar-refractivity contribution in [2.24, 2.45) is 11.3 Å². The van der Waals surface area contributed by atoms with Crippen LogP contribution in [0.15, 0.2) is 0 Å². The molecule has 0 spiro atoms. The summed E-state index contributed by atoms with van der Waals surface area (Å²) in [4.78, 5) is 2.64. The maximum Gasteiger partial charge on any atom is 0.0198 e. The van der Waals surface area contributed by atoms with E-state index in [1.807, 2.05) is 0 Å². The van der Waals surface area contributed by atoms with Gasteiger partial charge in [-0.3, -0.25) is 4.90 Å². The van der Waals surface area contributed by atoms with E-state index in [4.69, 9.17) is 0 Å². The van der Waals surface area contributed by atoms with Crippen LogP contribution in [0, 0.1) is 11.3 Å². The molecule has 1 N–H and O–H groups in total. The average Bonchev–Trinajstić information content (AvgIpc) is 2.25. The topological polar surface area (TPSA) is 15.3 Å². The molecule has 1 rings (SSSR count). The molecule has 0 saturated carbocycles. The van der Waals surface area contributed by atoms with E-state index < -0.39 is 0 Å². The molecule has 2 nitrogen and oxygen atoms in total. The van der Waals surface area contributed by atoms with Crippen LogP contribution in [0.3, 0.4) is 0 Å². The van der Waals surface area contributed by atoms with Gasteiger partial charge in [-0.05, 0) is 31.6 Å². The van der Waals surface area contributed by atoms with E-state index in [-0.39, 0.29) is 0 Å². The van der Waals surface area contributed by atoms with E-state index in [0.29, 0.717) is 17.5 Å². The van der Waals surface area contributed by atoms with Gasteiger partial charge in [-0.25, -0.2) is 0 Å². The SMILES string of the molecule is CCC1CC(NCC(C)(C)C)CN(C(C)C)C1. The maximum absolute atomic E-state index is 3.77. The Hall–Kier alpha value is -0.0800. The smallest absolute Gasteiger partial charge is 0.0198 e. The molecule has 0 aromatic heterocycles. The monoisotopic (exact) mass is 240 g/mol. The summed E-state index contributed by atoms with van der Waals surface area (Å²) < 4.78 is 0. The summed E-state index contributed by atoms with van der Waals surface area (Å²) in [6, 6.07) is 1.37. The first-order valence-corrected chi connectivity index (χ1v) is 7.29. The molecule has 2 atom stereocenters. The third kappa shape index (κ3) is 5.39. The summed E-state index contributed by atoms with van der Waals surface area (Å²) >= 11 is 0. The largest absolute Gasteiger partial charge is 0.312 e. The Bertz CT molecular complexity index is 217. The third-order valence-electron chi connectivity index (χ3n) is 3.79. The number of rotatable bonds is 4. The zero-order valence-electron chi connectivity index (χ0n) is 12.7. The first-order valence-electron chi connectivity index (χ1n) is 7.29. The van der Waals surface area contributed by atoms with Crippen LogP contribution in [-0.2, 0) is 0 Å². The van der Waals surface area contributed by atoms with E-state index in [9.17, 15) is 0 Å². The van der Waals surface area contributed by atoms with Crippen LogP contribution < -0.4 is 5.32 Å². The molecule has 2 heteroatoms. The minimum atomic E-state index is 0.391. The lowest BCUT2D eigenvalue weighted by Crippen LogP contribution is -2.52. The molecule has 0 aromatic carbocycles. The van der Waals surface area contributed by atoms with Crippen molar-refractivity contribution in [3.63, 3.8) is 0 Å². The molecular formula is C15H32N2. The van der Waals surface area contributed by atoms with Crippen molar-refractivity contribution in [1.29, 1.82) is 0 Å². The summed E-state index contributed by atoms with van der Waals surface area (Å²) in [7, 11) is 0. The van der Waals surface area contributed by atoms with Gasteiger partial charge in [0.1, 0.15) is 0 Å². The second-order valence-corrected chi connectivity index (χ2v) is 7.20. The molecular weight excluding hydrogens is 208 g/mol. The van der Waals surface area contributed by atoms with Crippen molar-refractivity contribution in [3.05, 3.63) is 0 Å². The van der Waals surface area contributed by atoms with E-state index in [0.717, 1.165) is 12.5 Å². The predicted molar refractivity (Wildman–Crippen MR) is 76.4 cm³/mol. The minimum Gasteiger partial charge on any atom is -0.312 e. The number of hydrogen-bond donors (Lipinski definition) is 1. The Labute approximate surface area is 108 Å². The lowest BCUT2D eigenvalue weighted by Gasteiger charge is -2.41. The van der Waals surface area contributed by atoms with Gasteiger partial charge in [-0.15, -0.1) is 0 Å².